The highest BCUT2D eigenvalue weighted by atomic mass is 16.5. The van der Waals surface area contributed by atoms with Gasteiger partial charge in [-0.2, -0.15) is 0 Å². The monoisotopic (exact) mass is 719 g/mol. The molecule has 4 aliphatic rings. The molecule has 2 heterocycles. The zero-order chi connectivity index (χ0) is 37.1. The summed E-state index contributed by atoms with van der Waals surface area (Å²) in [5.74, 6) is 3.60. The standard InChI is InChI=1S/C52H37N3O/c1-3-17-34(18-4-1)37-21-7-9-25-41(37)50-53-49(35-19-5-2-6-20-35)54-51(55-50)42-26-10-8-22-38(42)36-31-32-46-48(33-36)56-47-30-16-15-29-45(47)52(46)43-27-13-11-23-39(43)40-24-12-14-28-44(40)52/h1-19,21-33,35,51H,20H2,(H,53,54,55). The predicted octanol–water partition coefficient (Wildman–Crippen LogP) is 12.1. The van der Waals surface area contributed by atoms with Crippen molar-refractivity contribution in [1.29, 1.82) is 0 Å². The van der Waals surface area contributed by atoms with Gasteiger partial charge in [0.05, 0.1) is 5.41 Å². The Morgan fingerprint density at radius 1 is 0.500 bits per heavy atom. The van der Waals surface area contributed by atoms with Crippen LogP contribution in [-0.4, -0.2) is 11.7 Å². The quantitative estimate of drug-likeness (QED) is 0.192. The molecular weight excluding hydrogens is 683 g/mol. The van der Waals surface area contributed by atoms with Crippen molar-refractivity contribution in [2.45, 2.75) is 18.0 Å². The molecule has 0 radical (unpaired) electrons. The number of amidine groups is 2. The largest absolute Gasteiger partial charge is 0.457 e. The minimum atomic E-state index is -0.503. The van der Waals surface area contributed by atoms with Crippen LogP contribution in [0.5, 0.6) is 11.5 Å². The van der Waals surface area contributed by atoms with Gasteiger partial charge in [0.15, 0.2) is 6.17 Å². The van der Waals surface area contributed by atoms with Crippen LogP contribution in [0.15, 0.2) is 204 Å². The second-order valence-corrected chi connectivity index (χ2v) is 14.8. The summed E-state index contributed by atoms with van der Waals surface area (Å²) in [6, 6.07) is 60.6. The number of nitrogens with one attached hydrogen (secondary N) is 1. The van der Waals surface area contributed by atoms with Crippen molar-refractivity contribution < 1.29 is 4.74 Å². The number of ether oxygens (including phenoxy) is 1. The van der Waals surface area contributed by atoms with Gasteiger partial charge < -0.3 is 10.1 Å². The highest BCUT2D eigenvalue weighted by Crippen LogP contribution is 2.62. The third-order valence-electron chi connectivity index (χ3n) is 11.8. The molecule has 1 N–H and O–H groups in total. The van der Waals surface area contributed by atoms with E-state index in [1.54, 1.807) is 0 Å². The molecule has 266 valence electrons. The summed E-state index contributed by atoms with van der Waals surface area (Å²) >= 11 is 0. The maximum Gasteiger partial charge on any atom is 0.170 e. The van der Waals surface area contributed by atoms with Crippen molar-refractivity contribution in [3.05, 3.63) is 228 Å². The smallest absolute Gasteiger partial charge is 0.170 e. The fourth-order valence-corrected chi connectivity index (χ4v) is 9.29. The van der Waals surface area contributed by atoms with E-state index in [-0.39, 0.29) is 5.92 Å². The number of hydrogen-bond acceptors (Lipinski definition) is 4. The van der Waals surface area contributed by atoms with Crippen LogP contribution in [0.4, 0.5) is 0 Å². The average molecular weight is 720 g/mol. The molecule has 4 heteroatoms. The van der Waals surface area contributed by atoms with E-state index in [0.29, 0.717) is 0 Å². The Morgan fingerprint density at radius 2 is 1.12 bits per heavy atom. The van der Waals surface area contributed by atoms with E-state index in [0.717, 1.165) is 68.5 Å². The molecule has 0 fully saturated rings. The first kappa shape index (κ1) is 32.4. The van der Waals surface area contributed by atoms with Gasteiger partial charge in [-0.15, -0.1) is 0 Å². The molecule has 0 bridgehead atoms. The van der Waals surface area contributed by atoms with Gasteiger partial charge in [-0.25, -0.2) is 9.98 Å². The molecule has 0 aromatic heterocycles. The summed E-state index contributed by atoms with van der Waals surface area (Å²) < 4.78 is 6.89. The number of aliphatic imine (C=N–C) groups is 2. The average Bonchev–Trinajstić information content (AvgIpc) is 3.57. The van der Waals surface area contributed by atoms with Crippen molar-refractivity contribution in [2.24, 2.45) is 15.9 Å². The summed E-state index contributed by atoms with van der Waals surface area (Å²) in [4.78, 5) is 10.8. The zero-order valence-corrected chi connectivity index (χ0v) is 30.6. The molecule has 0 saturated carbocycles. The van der Waals surface area contributed by atoms with E-state index in [2.05, 4.69) is 199 Å². The third-order valence-corrected chi connectivity index (χ3v) is 11.8. The van der Waals surface area contributed by atoms with Crippen LogP contribution in [0.25, 0.3) is 33.4 Å². The molecule has 56 heavy (non-hydrogen) atoms. The highest BCUT2D eigenvalue weighted by Gasteiger charge is 2.51. The van der Waals surface area contributed by atoms with Crippen LogP contribution in [-0.2, 0) is 5.41 Å². The Balaban J connectivity index is 1.07. The van der Waals surface area contributed by atoms with Gasteiger partial charge in [0, 0.05) is 28.2 Å². The lowest BCUT2D eigenvalue weighted by Gasteiger charge is -2.39. The predicted molar refractivity (Wildman–Crippen MR) is 227 cm³/mol. The van der Waals surface area contributed by atoms with Crippen LogP contribution in [0.3, 0.4) is 0 Å². The summed E-state index contributed by atoms with van der Waals surface area (Å²) in [7, 11) is 0. The molecule has 0 amide bonds. The van der Waals surface area contributed by atoms with Crippen molar-refractivity contribution in [2.75, 3.05) is 0 Å². The van der Waals surface area contributed by atoms with Crippen LogP contribution < -0.4 is 10.1 Å². The summed E-state index contributed by atoms with van der Waals surface area (Å²) in [5.41, 5.74) is 13.4. The van der Waals surface area contributed by atoms with Gasteiger partial charge in [-0.1, -0.05) is 182 Å². The van der Waals surface area contributed by atoms with Gasteiger partial charge in [0.2, 0.25) is 0 Å². The molecule has 2 unspecified atom stereocenters. The molecule has 4 nitrogen and oxygen atoms in total. The number of benzene rings is 7. The zero-order valence-electron chi connectivity index (χ0n) is 30.6. The summed E-state index contributed by atoms with van der Waals surface area (Å²) in [6.45, 7) is 0. The Morgan fingerprint density at radius 3 is 1.88 bits per heavy atom. The van der Waals surface area contributed by atoms with E-state index in [1.807, 2.05) is 0 Å². The number of para-hydroxylation sites is 1. The van der Waals surface area contributed by atoms with E-state index in [1.165, 1.54) is 27.8 Å². The van der Waals surface area contributed by atoms with Crippen molar-refractivity contribution >= 4 is 11.7 Å². The SMILES string of the molecule is C1=CCC(C2=NC(c3ccccc3-c3ccc4c(c3)Oc3ccccc3C43c4ccccc4-c4ccccc43)N=C(c3ccccc3-c3ccccc3)N2)C=C1. The van der Waals surface area contributed by atoms with E-state index in [9.17, 15) is 0 Å². The molecule has 2 atom stereocenters. The first-order valence-corrected chi connectivity index (χ1v) is 19.4. The first-order valence-electron chi connectivity index (χ1n) is 19.4. The second-order valence-electron chi connectivity index (χ2n) is 14.8. The fourth-order valence-electron chi connectivity index (χ4n) is 9.29. The van der Waals surface area contributed by atoms with Crippen molar-refractivity contribution in [1.82, 2.24) is 5.32 Å². The second kappa shape index (κ2) is 13.1. The maximum absolute atomic E-state index is 6.89. The van der Waals surface area contributed by atoms with Crippen LogP contribution in [0.1, 0.15) is 46.0 Å². The van der Waals surface area contributed by atoms with Crippen molar-refractivity contribution in [3.8, 4) is 44.9 Å². The normalized spacial score (nSPS) is 18.1. The number of hydrogen-bond donors (Lipinski definition) is 1. The molecule has 7 aromatic rings. The van der Waals surface area contributed by atoms with Gasteiger partial charge in [-0.05, 0) is 63.1 Å². The molecule has 2 aliphatic carbocycles. The summed E-state index contributed by atoms with van der Waals surface area (Å²) in [5, 5.41) is 3.70. The lowest BCUT2D eigenvalue weighted by atomic mass is 9.66. The Kier molecular flexibility index (Phi) is 7.56. The van der Waals surface area contributed by atoms with Gasteiger partial charge in [-0.3, -0.25) is 0 Å². The lowest BCUT2D eigenvalue weighted by molar-refractivity contribution is 0.436. The van der Waals surface area contributed by atoms with Crippen LogP contribution >= 0.6 is 0 Å². The third kappa shape index (κ3) is 4.99. The highest BCUT2D eigenvalue weighted by molar-refractivity contribution is 6.14. The van der Waals surface area contributed by atoms with Crippen LogP contribution in [0.2, 0.25) is 0 Å². The molecule has 1 spiro atoms. The van der Waals surface area contributed by atoms with Gasteiger partial charge in [0.1, 0.15) is 23.2 Å². The summed E-state index contributed by atoms with van der Waals surface area (Å²) in [6.07, 6.45) is 9.08. The number of fused-ring (bicyclic) bond motifs is 9. The van der Waals surface area contributed by atoms with E-state index in [4.69, 9.17) is 14.7 Å². The van der Waals surface area contributed by atoms with Gasteiger partial charge >= 0.3 is 0 Å². The minimum absolute atomic E-state index is 0.120. The Labute approximate surface area is 326 Å². The minimum Gasteiger partial charge on any atom is -0.457 e. The number of allylic oxidation sites excluding steroid dienone is 3. The molecule has 2 aliphatic heterocycles. The van der Waals surface area contributed by atoms with E-state index >= 15 is 0 Å². The lowest BCUT2D eigenvalue weighted by Crippen LogP contribution is -2.39. The Hall–Kier alpha value is -7.04. The Bertz CT molecular complexity index is 2760. The number of rotatable bonds is 5. The van der Waals surface area contributed by atoms with Crippen LogP contribution in [0, 0.1) is 5.92 Å². The van der Waals surface area contributed by atoms with Gasteiger partial charge in [0.25, 0.3) is 0 Å². The molecule has 11 rings (SSSR count). The fraction of sp³-hybridized carbons (Fsp3) is 0.0769. The topological polar surface area (TPSA) is 46.0 Å². The number of nitrogens with zero attached hydrogens (tertiary/aromatic N) is 2. The first-order chi connectivity index (χ1) is 27.8. The molecule has 7 aromatic carbocycles. The van der Waals surface area contributed by atoms with E-state index < -0.39 is 11.6 Å². The maximum atomic E-state index is 6.89. The van der Waals surface area contributed by atoms with Crippen molar-refractivity contribution in [3.63, 3.8) is 0 Å². The molecular formula is C52H37N3O. The molecule has 0 saturated heterocycles.